The van der Waals surface area contributed by atoms with Gasteiger partial charge in [-0.2, -0.15) is 0 Å². The van der Waals surface area contributed by atoms with Crippen LogP contribution >= 0.6 is 0 Å². The largest absolute Gasteiger partial charge is 0.481 e. The fourth-order valence-corrected chi connectivity index (χ4v) is 3.15. The first-order valence-electron chi connectivity index (χ1n) is 8.69. The van der Waals surface area contributed by atoms with Crippen molar-refractivity contribution in [2.24, 2.45) is 0 Å². The van der Waals surface area contributed by atoms with Gasteiger partial charge in [-0.1, -0.05) is 52.0 Å². The van der Waals surface area contributed by atoms with Crippen LogP contribution in [0, 0.1) is 0 Å². The summed E-state index contributed by atoms with van der Waals surface area (Å²) in [7, 11) is 0. The molecule has 1 atom stereocenters. The molecule has 2 N–H and O–H groups in total. The normalized spacial score (nSPS) is 13.1. The fraction of sp³-hybridized carbons (Fsp3) is 0.318. The van der Waals surface area contributed by atoms with Crippen LogP contribution in [0.3, 0.4) is 0 Å². The van der Waals surface area contributed by atoms with Crippen LogP contribution < -0.4 is 0 Å². The number of rotatable bonds is 4. The van der Waals surface area contributed by atoms with E-state index in [0.717, 1.165) is 22.2 Å². The summed E-state index contributed by atoms with van der Waals surface area (Å²) in [6.45, 7) is 8.60. The number of hydrogen-bond acceptors (Lipinski definition) is 1. The van der Waals surface area contributed by atoms with Gasteiger partial charge in [0.05, 0.1) is 6.42 Å². The molecule has 0 aliphatic carbocycles. The predicted molar refractivity (Wildman–Crippen MR) is 103 cm³/mol. The van der Waals surface area contributed by atoms with Gasteiger partial charge in [-0.3, -0.25) is 4.79 Å². The second kappa shape index (κ2) is 6.40. The Labute approximate surface area is 148 Å². The van der Waals surface area contributed by atoms with E-state index in [2.05, 4.69) is 62.2 Å². The Hall–Kier alpha value is -2.55. The van der Waals surface area contributed by atoms with Gasteiger partial charge in [-0.15, -0.1) is 0 Å². The minimum absolute atomic E-state index is 0.00414. The molecule has 25 heavy (non-hydrogen) atoms. The van der Waals surface area contributed by atoms with Crippen molar-refractivity contribution in [2.45, 2.75) is 45.4 Å². The first kappa shape index (κ1) is 17.3. The summed E-state index contributed by atoms with van der Waals surface area (Å²) in [5, 5.41) is 10.1. The second-order valence-electron chi connectivity index (χ2n) is 7.86. The predicted octanol–water partition coefficient (Wildman–Crippen LogP) is 5.71. The van der Waals surface area contributed by atoms with Gasteiger partial charge in [0.1, 0.15) is 0 Å². The molecule has 0 aliphatic heterocycles. The van der Waals surface area contributed by atoms with E-state index in [9.17, 15) is 4.79 Å². The Morgan fingerprint density at radius 2 is 1.88 bits per heavy atom. The maximum Gasteiger partial charge on any atom is 0.303 e. The first-order chi connectivity index (χ1) is 11.7. The van der Waals surface area contributed by atoms with Crippen molar-refractivity contribution in [1.82, 2.24) is 4.98 Å². The smallest absolute Gasteiger partial charge is 0.303 e. The highest BCUT2D eigenvalue weighted by molar-refractivity contribution is 5.86. The number of aromatic amines is 1. The molecule has 3 aromatic rings. The lowest BCUT2D eigenvalue weighted by Crippen LogP contribution is -2.10. The molecule has 3 heteroatoms. The molecule has 0 spiro atoms. The summed E-state index contributed by atoms with van der Waals surface area (Å²) in [4.78, 5) is 14.4. The molecule has 0 amide bonds. The standard InChI is InChI=1S/C22H25NO2/c1-14(10-21(24)25)15-8-9-19-17(11-15)13-20(23-19)16-6-5-7-18(12-16)22(2,3)4/h5-9,11-14,23H,10H2,1-4H3,(H,24,25). The first-order valence-corrected chi connectivity index (χ1v) is 8.69. The Balaban J connectivity index is 1.98. The number of hydrogen-bond donors (Lipinski definition) is 2. The lowest BCUT2D eigenvalue weighted by atomic mass is 9.86. The van der Waals surface area contributed by atoms with Crippen molar-refractivity contribution in [3.8, 4) is 11.3 Å². The zero-order valence-electron chi connectivity index (χ0n) is 15.3. The van der Waals surface area contributed by atoms with E-state index in [1.807, 2.05) is 19.1 Å². The fourth-order valence-electron chi connectivity index (χ4n) is 3.15. The molecule has 1 unspecified atom stereocenters. The molecule has 0 radical (unpaired) electrons. The van der Waals surface area contributed by atoms with Gasteiger partial charge in [0.25, 0.3) is 0 Å². The van der Waals surface area contributed by atoms with Crippen molar-refractivity contribution in [2.75, 3.05) is 0 Å². The monoisotopic (exact) mass is 335 g/mol. The quantitative estimate of drug-likeness (QED) is 0.641. The molecule has 2 aromatic carbocycles. The van der Waals surface area contributed by atoms with E-state index in [1.54, 1.807) is 0 Å². The molecule has 0 saturated carbocycles. The molecule has 130 valence electrons. The minimum Gasteiger partial charge on any atom is -0.481 e. The number of aromatic nitrogens is 1. The van der Waals surface area contributed by atoms with E-state index in [1.165, 1.54) is 11.1 Å². The number of benzene rings is 2. The zero-order chi connectivity index (χ0) is 18.2. The average Bonchev–Trinajstić information content (AvgIpc) is 2.96. The van der Waals surface area contributed by atoms with Gasteiger partial charge in [0, 0.05) is 16.6 Å². The lowest BCUT2D eigenvalue weighted by molar-refractivity contribution is -0.137. The van der Waals surface area contributed by atoms with E-state index < -0.39 is 5.97 Å². The summed E-state index contributed by atoms with van der Waals surface area (Å²) >= 11 is 0. The van der Waals surface area contributed by atoms with Crippen LogP contribution in [0.5, 0.6) is 0 Å². The Bertz CT molecular complexity index is 915. The third kappa shape index (κ3) is 3.76. The van der Waals surface area contributed by atoms with Gasteiger partial charge in [0.2, 0.25) is 0 Å². The molecule has 0 aliphatic rings. The number of nitrogens with one attached hydrogen (secondary N) is 1. The van der Waals surface area contributed by atoms with Gasteiger partial charge in [-0.25, -0.2) is 0 Å². The van der Waals surface area contributed by atoms with Crippen molar-refractivity contribution < 1.29 is 9.90 Å². The Kier molecular flexibility index (Phi) is 4.42. The van der Waals surface area contributed by atoms with E-state index in [-0.39, 0.29) is 17.8 Å². The number of fused-ring (bicyclic) bond motifs is 1. The van der Waals surface area contributed by atoms with Gasteiger partial charge >= 0.3 is 5.97 Å². The summed E-state index contributed by atoms with van der Waals surface area (Å²) in [6, 6.07) is 16.9. The zero-order valence-corrected chi connectivity index (χ0v) is 15.3. The van der Waals surface area contributed by atoms with Crippen LogP contribution in [0.15, 0.2) is 48.5 Å². The highest BCUT2D eigenvalue weighted by Crippen LogP contribution is 2.30. The van der Waals surface area contributed by atoms with Crippen molar-refractivity contribution in [1.29, 1.82) is 0 Å². The average molecular weight is 335 g/mol. The number of H-pyrrole nitrogens is 1. The van der Waals surface area contributed by atoms with Gasteiger partial charge in [0.15, 0.2) is 0 Å². The third-order valence-corrected chi connectivity index (χ3v) is 4.73. The molecular formula is C22H25NO2. The van der Waals surface area contributed by atoms with E-state index in [0.29, 0.717) is 0 Å². The molecule has 0 bridgehead atoms. The van der Waals surface area contributed by atoms with Crippen LogP contribution in [0.2, 0.25) is 0 Å². The van der Waals surface area contributed by atoms with Crippen LogP contribution in [-0.4, -0.2) is 16.1 Å². The minimum atomic E-state index is -0.763. The van der Waals surface area contributed by atoms with E-state index >= 15 is 0 Å². The highest BCUT2D eigenvalue weighted by Gasteiger charge is 2.15. The van der Waals surface area contributed by atoms with E-state index in [4.69, 9.17) is 5.11 Å². The lowest BCUT2D eigenvalue weighted by Gasteiger charge is -2.19. The molecule has 1 aromatic heterocycles. The summed E-state index contributed by atoms with van der Waals surface area (Å²) in [6.07, 6.45) is 0.149. The number of carbonyl (C=O) groups is 1. The Morgan fingerprint density at radius 3 is 2.56 bits per heavy atom. The maximum atomic E-state index is 10.9. The molecule has 1 heterocycles. The van der Waals surface area contributed by atoms with Gasteiger partial charge < -0.3 is 10.1 Å². The highest BCUT2D eigenvalue weighted by atomic mass is 16.4. The van der Waals surface area contributed by atoms with Crippen molar-refractivity contribution in [3.63, 3.8) is 0 Å². The molecule has 3 rings (SSSR count). The Morgan fingerprint density at radius 1 is 1.12 bits per heavy atom. The molecule has 3 nitrogen and oxygen atoms in total. The van der Waals surface area contributed by atoms with Crippen LogP contribution in [0.4, 0.5) is 0 Å². The van der Waals surface area contributed by atoms with Crippen LogP contribution in [0.1, 0.15) is 51.2 Å². The SMILES string of the molecule is CC(CC(=O)O)c1ccc2[nH]c(-c3cccc(C(C)(C)C)c3)cc2c1. The van der Waals surface area contributed by atoms with Crippen LogP contribution in [0.25, 0.3) is 22.2 Å². The topological polar surface area (TPSA) is 53.1 Å². The summed E-state index contributed by atoms with van der Waals surface area (Å²) in [5.41, 5.74) is 5.81. The molecule has 0 saturated heterocycles. The molecule has 0 fully saturated rings. The number of aliphatic carboxylic acids is 1. The van der Waals surface area contributed by atoms with Gasteiger partial charge in [-0.05, 0) is 52.3 Å². The third-order valence-electron chi connectivity index (χ3n) is 4.73. The number of carboxylic acids is 1. The summed E-state index contributed by atoms with van der Waals surface area (Å²) < 4.78 is 0. The van der Waals surface area contributed by atoms with Crippen molar-refractivity contribution >= 4 is 16.9 Å². The van der Waals surface area contributed by atoms with Crippen molar-refractivity contribution in [3.05, 3.63) is 59.7 Å². The number of carboxylic acid groups (broad SMARTS) is 1. The van der Waals surface area contributed by atoms with Crippen LogP contribution in [-0.2, 0) is 10.2 Å². The molecular weight excluding hydrogens is 310 g/mol. The second-order valence-corrected chi connectivity index (χ2v) is 7.86. The maximum absolute atomic E-state index is 10.9. The summed E-state index contributed by atoms with van der Waals surface area (Å²) in [5.74, 6) is -0.759.